The van der Waals surface area contributed by atoms with Crippen molar-refractivity contribution < 1.29 is 23.4 Å². The molecule has 0 aromatic heterocycles. The van der Waals surface area contributed by atoms with E-state index in [-0.39, 0.29) is 17.9 Å². The van der Waals surface area contributed by atoms with Crippen molar-refractivity contribution in [2.75, 3.05) is 6.79 Å². The van der Waals surface area contributed by atoms with Gasteiger partial charge in [0.25, 0.3) is 0 Å². The molecule has 3 aromatic carbocycles. The standard InChI is InChI=1S/C23H14FNO4/c24-20-4-2-1-3-19(20)17(13-25)11-15-5-8-18(9-6-15)29-23(26)16-7-10-21-22(12-16)28-14-27-21/h1-12H,14H2/b17-11-. The van der Waals surface area contributed by atoms with Crippen LogP contribution in [0.2, 0.25) is 0 Å². The van der Waals surface area contributed by atoms with Gasteiger partial charge in [0.05, 0.1) is 17.2 Å². The predicted molar refractivity (Wildman–Crippen MR) is 104 cm³/mol. The first-order chi connectivity index (χ1) is 14.1. The molecule has 6 heteroatoms. The molecule has 1 heterocycles. The molecule has 0 spiro atoms. The van der Waals surface area contributed by atoms with Gasteiger partial charge < -0.3 is 14.2 Å². The predicted octanol–water partition coefficient (Wildman–Crippen LogP) is 4.84. The van der Waals surface area contributed by atoms with Crippen LogP contribution in [0.25, 0.3) is 11.6 Å². The second kappa shape index (κ2) is 7.87. The van der Waals surface area contributed by atoms with Gasteiger partial charge in [0.1, 0.15) is 11.6 Å². The van der Waals surface area contributed by atoms with Crippen LogP contribution in [-0.2, 0) is 0 Å². The fourth-order valence-corrected chi connectivity index (χ4v) is 2.84. The van der Waals surface area contributed by atoms with E-state index in [1.165, 1.54) is 6.07 Å². The Morgan fingerprint density at radius 3 is 2.55 bits per heavy atom. The third kappa shape index (κ3) is 3.94. The van der Waals surface area contributed by atoms with Crippen molar-refractivity contribution in [1.82, 2.24) is 0 Å². The van der Waals surface area contributed by atoms with Crippen LogP contribution >= 0.6 is 0 Å². The summed E-state index contributed by atoms with van der Waals surface area (Å²) in [5.41, 5.74) is 1.44. The monoisotopic (exact) mass is 387 g/mol. The Labute approximate surface area is 166 Å². The second-order valence-electron chi connectivity index (χ2n) is 6.18. The first-order valence-electron chi connectivity index (χ1n) is 8.72. The molecule has 0 saturated carbocycles. The average Bonchev–Trinajstić information content (AvgIpc) is 3.22. The van der Waals surface area contributed by atoms with Crippen LogP contribution in [0.4, 0.5) is 4.39 Å². The maximum atomic E-state index is 13.9. The minimum atomic E-state index is -0.532. The number of carbonyl (C=O) groups excluding carboxylic acids is 1. The molecule has 0 amide bonds. The topological polar surface area (TPSA) is 68.5 Å². The van der Waals surface area contributed by atoms with Gasteiger partial charge in [-0.25, -0.2) is 9.18 Å². The maximum Gasteiger partial charge on any atom is 0.343 e. The number of halogens is 1. The molecule has 0 saturated heterocycles. The Bertz CT molecular complexity index is 1150. The molecule has 29 heavy (non-hydrogen) atoms. The van der Waals surface area contributed by atoms with Gasteiger partial charge in [0, 0.05) is 5.56 Å². The molecular formula is C23H14FNO4. The van der Waals surface area contributed by atoms with Gasteiger partial charge in [-0.15, -0.1) is 0 Å². The lowest BCUT2D eigenvalue weighted by molar-refractivity contribution is 0.0734. The molecule has 142 valence electrons. The lowest BCUT2D eigenvalue weighted by Crippen LogP contribution is -2.08. The van der Waals surface area contributed by atoms with Gasteiger partial charge in [-0.2, -0.15) is 5.26 Å². The van der Waals surface area contributed by atoms with E-state index in [1.54, 1.807) is 66.7 Å². The van der Waals surface area contributed by atoms with Gasteiger partial charge in [0.2, 0.25) is 6.79 Å². The molecule has 1 aliphatic rings. The second-order valence-corrected chi connectivity index (χ2v) is 6.18. The molecule has 3 aromatic rings. The van der Waals surface area contributed by atoms with E-state index in [2.05, 4.69) is 0 Å². The quantitative estimate of drug-likeness (QED) is 0.277. The Morgan fingerprint density at radius 1 is 1.03 bits per heavy atom. The van der Waals surface area contributed by atoms with E-state index in [0.717, 1.165) is 0 Å². The minimum Gasteiger partial charge on any atom is -0.454 e. The Morgan fingerprint density at radius 2 is 1.79 bits per heavy atom. The Balaban J connectivity index is 1.50. The first kappa shape index (κ1) is 18.3. The zero-order valence-corrected chi connectivity index (χ0v) is 15.1. The van der Waals surface area contributed by atoms with Crippen LogP contribution in [-0.4, -0.2) is 12.8 Å². The van der Waals surface area contributed by atoms with E-state index in [1.807, 2.05) is 6.07 Å². The molecule has 0 bridgehead atoms. The summed E-state index contributed by atoms with van der Waals surface area (Å²) in [6, 6.07) is 19.5. The summed E-state index contributed by atoms with van der Waals surface area (Å²) in [4.78, 5) is 12.3. The van der Waals surface area contributed by atoms with Gasteiger partial charge in [-0.3, -0.25) is 0 Å². The lowest BCUT2D eigenvalue weighted by Gasteiger charge is -2.06. The van der Waals surface area contributed by atoms with Crippen LogP contribution in [0.15, 0.2) is 66.7 Å². The van der Waals surface area contributed by atoms with Crippen LogP contribution in [0.1, 0.15) is 21.5 Å². The summed E-state index contributed by atoms with van der Waals surface area (Å²) >= 11 is 0. The molecule has 1 aliphatic heterocycles. The number of rotatable bonds is 4. The zero-order chi connectivity index (χ0) is 20.2. The van der Waals surface area contributed by atoms with E-state index in [0.29, 0.717) is 28.4 Å². The molecule has 4 rings (SSSR count). The van der Waals surface area contributed by atoms with E-state index in [4.69, 9.17) is 14.2 Å². The van der Waals surface area contributed by atoms with Crippen molar-refractivity contribution in [1.29, 1.82) is 5.26 Å². The number of hydrogen-bond acceptors (Lipinski definition) is 5. The Hall–Kier alpha value is -4.11. The summed E-state index contributed by atoms with van der Waals surface area (Å²) in [7, 11) is 0. The number of carbonyl (C=O) groups is 1. The average molecular weight is 387 g/mol. The van der Waals surface area contributed by atoms with Gasteiger partial charge in [-0.05, 0) is 48.0 Å². The summed E-state index contributed by atoms with van der Waals surface area (Å²) in [5, 5.41) is 9.36. The third-order valence-corrected chi connectivity index (χ3v) is 4.29. The smallest absolute Gasteiger partial charge is 0.343 e. The fraction of sp³-hybridized carbons (Fsp3) is 0.0435. The molecule has 0 N–H and O–H groups in total. The minimum absolute atomic E-state index is 0.125. The normalized spacial score (nSPS) is 12.3. The molecule has 5 nitrogen and oxygen atoms in total. The van der Waals surface area contributed by atoms with E-state index in [9.17, 15) is 14.4 Å². The number of esters is 1. The van der Waals surface area contributed by atoms with Crippen molar-refractivity contribution >= 4 is 17.6 Å². The third-order valence-electron chi connectivity index (χ3n) is 4.29. The number of nitriles is 1. The molecule has 0 unspecified atom stereocenters. The number of ether oxygens (including phenoxy) is 3. The Kier molecular flexibility index (Phi) is 4.95. The summed E-state index contributed by atoms with van der Waals surface area (Å²) in [6.45, 7) is 0.125. The largest absolute Gasteiger partial charge is 0.454 e. The van der Waals surface area contributed by atoms with Crippen molar-refractivity contribution in [2.45, 2.75) is 0 Å². The van der Waals surface area contributed by atoms with Crippen molar-refractivity contribution in [2.24, 2.45) is 0 Å². The highest BCUT2D eigenvalue weighted by molar-refractivity contribution is 5.92. The summed E-state index contributed by atoms with van der Waals surface area (Å²) in [6.07, 6.45) is 1.57. The highest BCUT2D eigenvalue weighted by atomic mass is 19.1. The number of nitrogens with zero attached hydrogens (tertiary/aromatic N) is 1. The van der Waals surface area contributed by atoms with Crippen molar-refractivity contribution in [3.63, 3.8) is 0 Å². The van der Waals surface area contributed by atoms with Crippen LogP contribution in [0.5, 0.6) is 17.2 Å². The van der Waals surface area contributed by atoms with Gasteiger partial charge >= 0.3 is 5.97 Å². The van der Waals surface area contributed by atoms with Crippen molar-refractivity contribution in [3.05, 3.63) is 89.2 Å². The first-order valence-corrected chi connectivity index (χ1v) is 8.72. The number of hydrogen-bond donors (Lipinski definition) is 0. The molecule has 0 radical (unpaired) electrons. The number of allylic oxidation sites excluding steroid dienone is 1. The SMILES string of the molecule is N#C/C(=C/c1ccc(OC(=O)c2ccc3c(c2)OCO3)cc1)c1ccccc1F. The maximum absolute atomic E-state index is 13.9. The van der Waals surface area contributed by atoms with Crippen LogP contribution < -0.4 is 14.2 Å². The molecule has 0 fully saturated rings. The molecular weight excluding hydrogens is 373 g/mol. The van der Waals surface area contributed by atoms with Crippen LogP contribution in [0, 0.1) is 17.1 Å². The van der Waals surface area contributed by atoms with E-state index < -0.39 is 11.8 Å². The van der Waals surface area contributed by atoms with Gasteiger partial charge in [-0.1, -0.05) is 30.3 Å². The molecule has 0 atom stereocenters. The fourth-order valence-electron chi connectivity index (χ4n) is 2.84. The van der Waals surface area contributed by atoms with E-state index >= 15 is 0 Å². The van der Waals surface area contributed by atoms with Gasteiger partial charge in [0.15, 0.2) is 11.5 Å². The highest BCUT2D eigenvalue weighted by Gasteiger charge is 2.17. The summed E-state index contributed by atoms with van der Waals surface area (Å²) in [5.74, 6) is 0.428. The van der Waals surface area contributed by atoms with Crippen LogP contribution in [0.3, 0.4) is 0 Å². The zero-order valence-electron chi connectivity index (χ0n) is 15.1. The molecule has 0 aliphatic carbocycles. The highest BCUT2D eigenvalue weighted by Crippen LogP contribution is 2.32. The number of fused-ring (bicyclic) bond motifs is 1. The number of benzene rings is 3. The lowest BCUT2D eigenvalue weighted by atomic mass is 10.0. The summed E-state index contributed by atoms with van der Waals surface area (Å²) < 4.78 is 29.8. The van der Waals surface area contributed by atoms with Crippen molar-refractivity contribution in [3.8, 4) is 23.3 Å².